The molecule has 4 N–H and O–H groups in total. The van der Waals surface area contributed by atoms with Crippen LogP contribution < -0.4 is 16.4 Å². The standard InChI is InChI=1S/C15H27N3O5/c1-9(2)13-15(21)17-10(3)4-6-22-8-11(14(16)20)23-7-5-12(19)18-13/h9-11,13H,4-8H2,1-3H3,(H2,16,20)(H,17,21)(H,18,19)/t10-,11?,13-/m1/s1. The SMILES string of the molecule is CC(C)[C@H]1NC(=O)CCOC(C(N)=O)COCC[C@@H](C)NC1=O. The number of hydrogen-bond acceptors (Lipinski definition) is 5. The molecule has 8 heteroatoms. The van der Waals surface area contributed by atoms with Gasteiger partial charge in [0.2, 0.25) is 17.7 Å². The first kappa shape index (κ1) is 19.4. The molecule has 0 aromatic carbocycles. The van der Waals surface area contributed by atoms with Crippen LogP contribution in [0.1, 0.15) is 33.6 Å². The van der Waals surface area contributed by atoms with E-state index >= 15 is 0 Å². The molecule has 1 fully saturated rings. The number of amides is 3. The number of hydrogen-bond donors (Lipinski definition) is 3. The van der Waals surface area contributed by atoms with Gasteiger partial charge in [-0.15, -0.1) is 0 Å². The number of carbonyl (C=O) groups excluding carboxylic acids is 3. The minimum atomic E-state index is -0.878. The number of carbonyl (C=O) groups is 3. The van der Waals surface area contributed by atoms with Gasteiger partial charge >= 0.3 is 0 Å². The lowest BCUT2D eigenvalue weighted by molar-refractivity contribution is -0.137. The van der Waals surface area contributed by atoms with Crippen molar-refractivity contribution in [3.8, 4) is 0 Å². The molecule has 8 nitrogen and oxygen atoms in total. The Morgan fingerprint density at radius 3 is 2.57 bits per heavy atom. The Labute approximate surface area is 136 Å². The summed E-state index contributed by atoms with van der Waals surface area (Å²) in [6.07, 6.45) is -0.261. The number of ether oxygens (including phenoxy) is 2. The topological polar surface area (TPSA) is 120 Å². The Balaban J connectivity index is 2.75. The van der Waals surface area contributed by atoms with E-state index in [0.717, 1.165) is 0 Å². The van der Waals surface area contributed by atoms with E-state index < -0.39 is 18.1 Å². The second-order valence-corrected chi connectivity index (χ2v) is 6.07. The van der Waals surface area contributed by atoms with Crippen LogP contribution in [0.5, 0.6) is 0 Å². The summed E-state index contributed by atoms with van der Waals surface area (Å²) >= 11 is 0. The number of nitrogens with one attached hydrogen (secondary N) is 2. The van der Waals surface area contributed by atoms with Crippen LogP contribution in [-0.4, -0.2) is 55.7 Å². The number of rotatable bonds is 2. The average molecular weight is 329 g/mol. The van der Waals surface area contributed by atoms with Gasteiger partial charge in [-0.25, -0.2) is 0 Å². The summed E-state index contributed by atoms with van der Waals surface area (Å²) in [4.78, 5) is 35.5. The molecule has 3 amide bonds. The molecule has 1 heterocycles. The molecule has 0 bridgehead atoms. The van der Waals surface area contributed by atoms with Crippen molar-refractivity contribution in [3.05, 3.63) is 0 Å². The van der Waals surface area contributed by atoms with Crippen molar-refractivity contribution in [3.63, 3.8) is 0 Å². The molecule has 1 aliphatic rings. The average Bonchev–Trinajstić information content (AvgIpc) is 2.45. The molecule has 1 aliphatic heterocycles. The van der Waals surface area contributed by atoms with Crippen molar-refractivity contribution in [2.45, 2.75) is 51.8 Å². The summed E-state index contributed by atoms with van der Waals surface area (Å²) in [7, 11) is 0. The zero-order valence-electron chi connectivity index (χ0n) is 14.0. The summed E-state index contributed by atoms with van der Waals surface area (Å²) in [6, 6.07) is -0.725. The molecule has 1 unspecified atom stereocenters. The van der Waals surface area contributed by atoms with Crippen LogP contribution in [0.3, 0.4) is 0 Å². The van der Waals surface area contributed by atoms with Gasteiger partial charge in [0.1, 0.15) is 6.04 Å². The van der Waals surface area contributed by atoms with E-state index in [1.807, 2.05) is 20.8 Å². The van der Waals surface area contributed by atoms with Gasteiger partial charge in [0, 0.05) is 12.6 Å². The van der Waals surface area contributed by atoms with E-state index in [1.165, 1.54) is 0 Å². The smallest absolute Gasteiger partial charge is 0.248 e. The van der Waals surface area contributed by atoms with Crippen molar-refractivity contribution in [1.29, 1.82) is 0 Å². The van der Waals surface area contributed by atoms with E-state index in [0.29, 0.717) is 13.0 Å². The fourth-order valence-corrected chi connectivity index (χ4v) is 2.14. The Kier molecular flexibility index (Phi) is 7.97. The Morgan fingerprint density at radius 1 is 1.26 bits per heavy atom. The Morgan fingerprint density at radius 2 is 1.96 bits per heavy atom. The molecule has 132 valence electrons. The lowest BCUT2D eigenvalue weighted by Gasteiger charge is -2.25. The predicted octanol–water partition coefficient (Wildman–Crippen LogP) is -0.687. The van der Waals surface area contributed by atoms with Crippen LogP contribution in [0.4, 0.5) is 0 Å². The normalized spacial score (nSPS) is 28.6. The largest absolute Gasteiger partial charge is 0.378 e. The zero-order chi connectivity index (χ0) is 17.4. The summed E-state index contributed by atoms with van der Waals surface area (Å²) in [5.41, 5.74) is 5.24. The summed E-state index contributed by atoms with van der Waals surface area (Å²) in [5, 5.41) is 5.57. The highest BCUT2D eigenvalue weighted by molar-refractivity contribution is 5.88. The fourth-order valence-electron chi connectivity index (χ4n) is 2.14. The van der Waals surface area contributed by atoms with Crippen LogP contribution in [0.2, 0.25) is 0 Å². The predicted molar refractivity (Wildman–Crippen MR) is 83.4 cm³/mol. The maximum atomic E-state index is 12.3. The quantitative estimate of drug-likeness (QED) is 0.619. The summed E-state index contributed by atoms with van der Waals surface area (Å²) < 4.78 is 10.7. The second-order valence-electron chi connectivity index (χ2n) is 6.07. The van der Waals surface area contributed by atoms with Crippen LogP contribution in [0.15, 0.2) is 0 Å². The maximum absolute atomic E-state index is 12.3. The molecule has 0 aliphatic carbocycles. The van der Waals surface area contributed by atoms with Gasteiger partial charge in [-0.3, -0.25) is 14.4 Å². The minimum absolute atomic E-state index is 0.0334. The third kappa shape index (κ3) is 6.96. The van der Waals surface area contributed by atoms with E-state index in [1.54, 1.807) is 0 Å². The first-order valence-corrected chi connectivity index (χ1v) is 7.89. The molecular formula is C15H27N3O5. The van der Waals surface area contributed by atoms with E-state index in [2.05, 4.69) is 10.6 Å². The third-order valence-corrected chi connectivity index (χ3v) is 3.58. The third-order valence-electron chi connectivity index (χ3n) is 3.58. The Bertz CT molecular complexity index is 427. The van der Waals surface area contributed by atoms with Gasteiger partial charge in [0.25, 0.3) is 0 Å². The van der Waals surface area contributed by atoms with E-state index in [9.17, 15) is 14.4 Å². The van der Waals surface area contributed by atoms with Crippen molar-refractivity contribution in [1.82, 2.24) is 10.6 Å². The molecule has 0 saturated carbocycles. The van der Waals surface area contributed by atoms with Gasteiger partial charge in [-0.05, 0) is 19.3 Å². The highest BCUT2D eigenvalue weighted by Crippen LogP contribution is 2.05. The molecule has 1 rings (SSSR count). The highest BCUT2D eigenvalue weighted by Gasteiger charge is 2.26. The van der Waals surface area contributed by atoms with Crippen molar-refractivity contribution in [2.24, 2.45) is 11.7 Å². The molecule has 0 radical (unpaired) electrons. The second kappa shape index (κ2) is 9.46. The van der Waals surface area contributed by atoms with Crippen LogP contribution in [-0.2, 0) is 23.9 Å². The molecule has 0 aromatic rings. The summed E-state index contributed by atoms with van der Waals surface area (Å²) in [5.74, 6) is -1.20. The van der Waals surface area contributed by atoms with Gasteiger partial charge in [0.15, 0.2) is 6.10 Å². The van der Waals surface area contributed by atoms with Gasteiger partial charge in [-0.1, -0.05) is 13.8 Å². The lowest BCUT2D eigenvalue weighted by Crippen LogP contribution is -2.52. The lowest BCUT2D eigenvalue weighted by atomic mass is 10.0. The van der Waals surface area contributed by atoms with E-state index in [-0.39, 0.29) is 43.4 Å². The first-order valence-electron chi connectivity index (χ1n) is 7.89. The fraction of sp³-hybridized carbons (Fsp3) is 0.800. The van der Waals surface area contributed by atoms with Gasteiger partial charge in [-0.2, -0.15) is 0 Å². The monoisotopic (exact) mass is 329 g/mol. The maximum Gasteiger partial charge on any atom is 0.248 e. The number of nitrogens with two attached hydrogens (primary N) is 1. The van der Waals surface area contributed by atoms with E-state index in [4.69, 9.17) is 15.2 Å². The van der Waals surface area contributed by atoms with Crippen molar-refractivity contribution < 1.29 is 23.9 Å². The van der Waals surface area contributed by atoms with Crippen LogP contribution in [0.25, 0.3) is 0 Å². The minimum Gasteiger partial charge on any atom is -0.378 e. The molecular weight excluding hydrogens is 302 g/mol. The van der Waals surface area contributed by atoms with Crippen LogP contribution in [0, 0.1) is 5.92 Å². The van der Waals surface area contributed by atoms with Gasteiger partial charge < -0.3 is 25.8 Å². The highest BCUT2D eigenvalue weighted by atomic mass is 16.5. The summed E-state index contributed by atoms with van der Waals surface area (Å²) in [6.45, 7) is 6.02. The molecule has 0 spiro atoms. The first-order chi connectivity index (χ1) is 10.8. The molecule has 0 aromatic heterocycles. The Hall–Kier alpha value is -1.67. The molecule has 1 saturated heterocycles. The van der Waals surface area contributed by atoms with Gasteiger partial charge in [0.05, 0.1) is 19.6 Å². The molecule has 23 heavy (non-hydrogen) atoms. The van der Waals surface area contributed by atoms with Crippen molar-refractivity contribution >= 4 is 17.7 Å². The molecule has 3 atom stereocenters. The van der Waals surface area contributed by atoms with Crippen LogP contribution >= 0.6 is 0 Å². The van der Waals surface area contributed by atoms with Crippen molar-refractivity contribution in [2.75, 3.05) is 19.8 Å². The number of primary amides is 1. The zero-order valence-corrected chi connectivity index (χ0v) is 14.0.